The summed E-state index contributed by atoms with van der Waals surface area (Å²) >= 11 is 0. The minimum atomic E-state index is -4.70. The molecule has 164 valence electrons. The topological polar surface area (TPSA) is 77.8 Å². The molecule has 0 spiro atoms. The average molecular weight is 442 g/mol. The van der Waals surface area contributed by atoms with E-state index in [9.17, 15) is 18.0 Å². The van der Waals surface area contributed by atoms with Gasteiger partial charge in [0.05, 0.1) is 31.8 Å². The van der Waals surface area contributed by atoms with Gasteiger partial charge < -0.3 is 14.8 Å². The highest BCUT2D eigenvalue weighted by atomic mass is 19.4. The van der Waals surface area contributed by atoms with Gasteiger partial charge in [-0.2, -0.15) is 18.3 Å². The van der Waals surface area contributed by atoms with E-state index in [2.05, 4.69) is 15.4 Å². The fourth-order valence-corrected chi connectivity index (χ4v) is 3.17. The minimum Gasteiger partial charge on any atom is -0.497 e. The molecule has 0 atom stereocenters. The number of methoxy groups -OCH3 is 2. The van der Waals surface area contributed by atoms with Crippen molar-refractivity contribution in [3.63, 3.8) is 0 Å². The van der Waals surface area contributed by atoms with E-state index in [0.29, 0.717) is 27.3 Å². The predicted molar refractivity (Wildman–Crippen MR) is 111 cm³/mol. The number of fused-ring (bicyclic) bond motifs is 1. The molecule has 2 aromatic heterocycles. The van der Waals surface area contributed by atoms with E-state index in [4.69, 9.17) is 9.47 Å². The number of rotatable bonds is 5. The zero-order valence-corrected chi connectivity index (χ0v) is 17.0. The van der Waals surface area contributed by atoms with E-state index in [0.717, 1.165) is 12.3 Å². The van der Waals surface area contributed by atoms with Crippen LogP contribution in [-0.2, 0) is 6.18 Å². The van der Waals surface area contributed by atoms with Gasteiger partial charge in [0, 0.05) is 11.6 Å². The molecule has 4 aromatic rings. The van der Waals surface area contributed by atoms with Crippen LogP contribution in [0.4, 0.5) is 18.9 Å². The summed E-state index contributed by atoms with van der Waals surface area (Å²) < 4.78 is 52.2. The minimum absolute atomic E-state index is 0.0713. The zero-order chi connectivity index (χ0) is 22.9. The fourth-order valence-electron chi connectivity index (χ4n) is 3.17. The Morgan fingerprint density at radius 3 is 2.44 bits per heavy atom. The van der Waals surface area contributed by atoms with Crippen molar-refractivity contribution in [2.45, 2.75) is 6.18 Å². The van der Waals surface area contributed by atoms with Crippen LogP contribution in [0.25, 0.3) is 16.9 Å². The van der Waals surface area contributed by atoms with Gasteiger partial charge in [-0.25, -0.2) is 9.50 Å². The Balaban J connectivity index is 1.81. The molecule has 10 heteroatoms. The molecule has 2 aromatic carbocycles. The van der Waals surface area contributed by atoms with Crippen molar-refractivity contribution < 1.29 is 27.4 Å². The fraction of sp³-hybridized carbons (Fsp3) is 0.136. The molecule has 4 rings (SSSR count). The van der Waals surface area contributed by atoms with Crippen LogP contribution < -0.4 is 14.8 Å². The van der Waals surface area contributed by atoms with E-state index < -0.39 is 17.8 Å². The molecule has 0 saturated carbocycles. The monoisotopic (exact) mass is 442 g/mol. The van der Waals surface area contributed by atoms with E-state index in [-0.39, 0.29) is 16.9 Å². The van der Waals surface area contributed by atoms with Gasteiger partial charge in [-0.15, -0.1) is 0 Å². The average Bonchev–Trinajstić information content (AvgIpc) is 3.22. The third kappa shape index (κ3) is 3.94. The quantitative estimate of drug-likeness (QED) is 0.486. The van der Waals surface area contributed by atoms with Crippen LogP contribution in [0.2, 0.25) is 0 Å². The maximum Gasteiger partial charge on any atom is 0.433 e. The molecule has 32 heavy (non-hydrogen) atoms. The number of nitrogens with zero attached hydrogens (tertiary/aromatic N) is 3. The maximum atomic E-state index is 13.7. The Morgan fingerprint density at radius 1 is 1.03 bits per heavy atom. The molecule has 0 saturated heterocycles. The summed E-state index contributed by atoms with van der Waals surface area (Å²) in [7, 11) is 2.91. The lowest BCUT2D eigenvalue weighted by Gasteiger charge is -2.12. The third-order valence-corrected chi connectivity index (χ3v) is 4.73. The number of hydrogen-bond acceptors (Lipinski definition) is 5. The van der Waals surface area contributed by atoms with Gasteiger partial charge in [0.1, 0.15) is 17.1 Å². The number of alkyl halides is 3. The van der Waals surface area contributed by atoms with Crippen LogP contribution in [0.3, 0.4) is 0 Å². The highest BCUT2D eigenvalue weighted by Gasteiger charge is 2.36. The lowest BCUT2D eigenvalue weighted by molar-refractivity contribution is -0.142. The molecule has 0 unspecified atom stereocenters. The Bertz CT molecular complexity index is 1290. The van der Waals surface area contributed by atoms with Crippen LogP contribution in [0.1, 0.15) is 16.1 Å². The number of nitrogens with one attached hydrogen (secondary N) is 1. The summed E-state index contributed by atoms with van der Waals surface area (Å²) in [6.07, 6.45) is -3.65. The molecule has 1 amide bonds. The van der Waals surface area contributed by atoms with Crippen molar-refractivity contribution >= 4 is 17.2 Å². The van der Waals surface area contributed by atoms with Crippen molar-refractivity contribution in [2.24, 2.45) is 0 Å². The normalized spacial score (nSPS) is 11.4. The van der Waals surface area contributed by atoms with Gasteiger partial charge in [-0.3, -0.25) is 4.79 Å². The highest BCUT2D eigenvalue weighted by Crippen LogP contribution is 2.33. The number of benzene rings is 2. The van der Waals surface area contributed by atoms with Gasteiger partial charge in [-0.1, -0.05) is 30.3 Å². The molecule has 0 aliphatic heterocycles. The van der Waals surface area contributed by atoms with Gasteiger partial charge in [0.2, 0.25) is 0 Å². The van der Waals surface area contributed by atoms with Crippen molar-refractivity contribution in [3.8, 4) is 22.8 Å². The Kier molecular flexibility index (Phi) is 5.43. The summed E-state index contributed by atoms with van der Waals surface area (Å²) in [6, 6.07) is 14.0. The van der Waals surface area contributed by atoms with Crippen LogP contribution in [-0.4, -0.2) is 34.7 Å². The van der Waals surface area contributed by atoms with Crippen LogP contribution in [0.5, 0.6) is 11.5 Å². The van der Waals surface area contributed by atoms with Crippen LogP contribution in [0.15, 0.2) is 60.8 Å². The van der Waals surface area contributed by atoms with Crippen molar-refractivity contribution in [1.29, 1.82) is 0 Å². The maximum absolute atomic E-state index is 13.7. The number of anilines is 1. The van der Waals surface area contributed by atoms with E-state index in [1.807, 2.05) is 0 Å². The SMILES string of the molecule is COc1ccc(NC(=O)c2cnn3c(C(F)(F)F)cc(-c4ccccc4)nc23)c(OC)c1. The number of hydrogen-bond donors (Lipinski definition) is 1. The second-order valence-electron chi connectivity index (χ2n) is 6.70. The summed E-state index contributed by atoms with van der Waals surface area (Å²) in [6.45, 7) is 0. The van der Waals surface area contributed by atoms with Gasteiger partial charge in [0.15, 0.2) is 11.3 Å². The molecule has 7 nitrogen and oxygen atoms in total. The standard InChI is InChI=1S/C22H17F3N4O3/c1-31-14-8-9-16(18(10-14)32-2)28-21(30)15-12-26-29-19(22(23,24)25)11-17(27-20(15)29)13-6-4-3-5-7-13/h3-12H,1-2H3,(H,28,30). The van der Waals surface area contributed by atoms with Gasteiger partial charge >= 0.3 is 6.18 Å². The number of aromatic nitrogens is 3. The Labute approximate surface area is 180 Å². The van der Waals surface area contributed by atoms with Crippen LogP contribution in [0, 0.1) is 0 Å². The zero-order valence-electron chi connectivity index (χ0n) is 17.0. The molecule has 0 bridgehead atoms. The van der Waals surface area contributed by atoms with Gasteiger partial charge in [-0.05, 0) is 18.2 Å². The number of ether oxygens (including phenoxy) is 2. The number of carbonyl (C=O) groups is 1. The summed E-state index contributed by atoms with van der Waals surface area (Å²) in [5.74, 6) is 0.150. The summed E-state index contributed by atoms with van der Waals surface area (Å²) in [4.78, 5) is 17.2. The highest BCUT2D eigenvalue weighted by molar-refractivity contribution is 6.09. The second-order valence-corrected chi connectivity index (χ2v) is 6.70. The number of carbonyl (C=O) groups excluding carboxylic acids is 1. The lowest BCUT2D eigenvalue weighted by atomic mass is 10.1. The van der Waals surface area contributed by atoms with Crippen LogP contribution >= 0.6 is 0 Å². The van der Waals surface area contributed by atoms with E-state index in [1.54, 1.807) is 48.5 Å². The molecular weight excluding hydrogens is 425 g/mol. The molecule has 0 radical (unpaired) electrons. The first-order chi connectivity index (χ1) is 15.3. The first kappa shape index (κ1) is 21.2. The molecular formula is C22H17F3N4O3. The Morgan fingerprint density at radius 2 is 1.78 bits per heavy atom. The number of halogens is 3. The smallest absolute Gasteiger partial charge is 0.433 e. The predicted octanol–water partition coefficient (Wildman–Crippen LogP) is 4.68. The summed E-state index contributed by atoms with van der Waals surface area (Å²) in [5, 5.41) is 6.41. The van der Waals surface area contributed by atoms with Gasteiger partial charge in [0.25, 0.3) is 5.91 Å². The largest absolute Gasteiger partial charge is 0.497 e. The Hall–Kier alpha value is -4.08. The van der Waals surface area contributed by atoms with E-state index in [1.165, 1.54) is 14.2 Å². The lowest BCUT2D eigenvalue weighted by Crippen LogP contribution is -2.16. The first-order valence-corrected chi connectivity index (χ1v) is 9.36. The first-order valence-electron chi connectivity index (χ1n) is 9.36. The van der Waals surface area contributed by atoms with E-state index >= 15 is 0 Å². The van der Waals surface area contributed by atoms with Crippen molar-refractivity contribution in [1.82, 2.24) is 14.6 Å². The number of amides is 1. The van der Waals surface area contributed by atoms with Crippen molar-refractivity contribution in [2.75, 3.05) is 19.5 Å². The third-order valence-electron chi connectivity index (χ3n) is 4.73. The molecule has 2 heterocycles. The second kappa shape index (κ2) is 8.22. The molecule has 0 aliphatic carbocycles. The molecule has 0 aliphatic rings. The van der Waals surface area contributed by atoms with Crippen molar-refractivity contribution in [3.05, 3.63) is 72.1 Å². The summed E-state index contributed by atoms with van der Waals surface area (Å²) in [5.41, 5.74) is -0.517. The molecule has 0 fully saturated rings. The molecule has 1 N–H and O–H groups in total.